The van der Waals surface area contributed by atoms with Crippen molar-refractivity contribution in [3.8, 4) is 5.75 Å². The number of nitrogens with zero attached hydrogens (tertiary/aromatic N) is 1. The van der Waals surface area contributed by atoms with Crippen molar-refractivity contribution < 1.29 is 4.74 Å². The van der Waals surface area contributed by atoms with Crippen LogP contribution in [-0.4, -0.2) is 29.9 Å². The number of hydrogen-bond acceptors (Lipinski definition) is 2. The zero-order valence-corrected chi connectivity index (χ0v) is 13.1. The molecule has 3 heteroatoms. The van der Waals surface area contributed by atoms with Gasteiger partial charge >= 0.3 is 0 Å². The van der Waals surface area contributed by atoms with E-state index in [9.17, 15) is 0 Å². The minimum absolute atomic E-state index is 0.712. The molecule has 20 heavy (non-hydrogen) atoms. The van der Waals surface area contributed by atoms with Crippen molar-refractivity contribution in [2.45, 2.75) is 6.54 Å². The highest BCUT2D eigenvalue weighted by atomic mass is 79.9. The molecule has 2 aromatic carbocycles. The summed E-state index contributed by atoms with van der Waals surface area (Å²) in [7, 11) is 0. The van der Waals surface area contributed by atoms with Gasteiger partial charge in [0.2, 0.25) is 0 Å². The summed E-state index contributed by atoms with van der Waals surface area (Å²) in [4.78, 5) is 2.40. The number of alkyl halides is 1. The molecule has 0 spiro atoms. The normalized spacial score (nSPS) is 10.7. The number of para-hydroxylation sites is 1. The van der Waals surface area contributed by atoms with Crippen LogP contribution in [-0.2, 0) is 6.54 Å². The Kier molecular flexibility index (Phi) is 6.61. The van der Waals surface area contributed by atoms with Crippen LogP contribution in [0.15, 0.2) is 60.7 Å². The minimum atomic E-state index is 0.712. The molecule has 106 valence electrons. The molecule has 0 aliphatic heterocycles. The molecule has 2 rings (SSSR count). The molecule has 0 saturated carbocycles. The van der Waals surface area contributed by atoms with E-state index < -0.39 is 0 Å². The Morgan fingerprint density at radius 1 is 0.850 bits per heavy atom. The fourth-order valence-corrected chi connectivity index (χ4v) is 2.54. The van der Waals surface area contributed by atoms with Crippen molar-refractivity contribution in [3.63, 3.8) is 0 Å². The molecule has 0 atom stereocenters. The molecule has 0 heterocycles. The molecule has 0 aromatic heterocycles. The lowest BCUT2D eigenvalue weighted by atomic mass is 10.2. The Labute approximate surface area is 129 Å². The predicted molar refractivity (Wildman–Crippen MR) is 87.5 cm³/mol. The van der Waals surface area contributed by atoms with E-state index in [0.717, 1.165) is 30.7 Å². The molecule has 0 radical (unpaired) electrons. The van der Waals surface area contributed by atoms with Gasteiger partial charge < -0.3 is 4.74 Å². The van der Waals surface area contributed by atoms with Gasteiger partial charge in [0.15, 0.2) is 0 Å². The SMILES string of the molecule is BrCCN(CCOc1ccccc1)Cc1ccccc1. The molecular weight excluding hydrogens is 314 g/mol. The summed E-state index contributed by atoms with van der Waals surface area (Å²) in [5.74, 6) is 0.936. The lowest BCUT2D eigenvalue weighted by Gasteiger charge is -2.21. The quantitative estimate of drug-likeness (QED) is 0.678. The average Bonchev–Trinajstić information content (AvgIpc) is 2.49. The maximum absolute atomic E-state index is 5.76. The van der Waals surface area contributed by atoms with Gasteiger partial charge in [0.05, 0.1) is 0 Å². The molecule has 0 amide bonds. The van der Waals surface area contributed by atoms with E-state index in [0.29, 0.717) is 6.61 Å². The van der Waals surface area contributed by atoms with E-state index in [2.05, 4.69) is 51.2 Å². The first-order valence-corrected chi connectivity index (χ1v) is 8.01. The molecule has 0 aliphatic rings. The topological polar surface area (TPSA) is 12.5 Å². The number of ether oxygens (including phenoxy) is 1. The van der Waals surface area contributed by atoms with E-state index in [1.165, 1.54) is 5.56 Å². The van der Waals surface area contributed by atoms with Gasteiger partial charge in [-0.3, -0.25) is 4.90 Å². The zero-order chi connectivity index (χ0) is 14.0. The summed E-state index contributed by atoms with van der Waals surface area (Å²) in [6, 6.07) is 20.5. The van der Waals surface area contributed by atoms with Crippen LogP contribution < -0.4 is 4.74 Å². The number of rotatable bonds is 8. The van der Waals surface area contributed by atoms with Gasteiger partial charge in [-0.1, -0.05) is 64.5 Å². The Balaban J connectivity index is 1.80. The van der Waals surface area contributed by atoms with Crippen molar-refractivity contribution in [2.24, 2.45) is 0 Å². The third kappa shape index (κ3) is 5.35. The fraction of sp³-hybridized carbons (Fsp3) is 0.294. The lowest BCUT2D eigenvalue weighted by Crippen LogP contribution is -2.29. The third-order valence-corrected chi connectivity index (χ3v) is 3.42. The maximum Gasteiger partial charge on any atom is 0.119 e. The van der Waals surface area contributed by atoms with Crippen LogP contribution in [0.1, 0.15) is 5.56 Å². The van der Waals surface area contributed by atoms with Gasteiger partial charge in [0.25, 0.3) is 0 Å². The summed E-state index contributed by atoms with van der Waals surface area (Å²) in [5.41, 5.74) is 1.34. The van der Waals surface area contributed by atoms with Crippen molar-refractivity contribution in [1.82, 2.24) is 4.90 Å². The lowest BCUT2D eigenvalue weighted by molar-refractivity contribution is 0.211. The Morgan fingerprint density at radius 3 is 2.15 bits per heavy atom. The zero-order valence-electron chi connectivity index (χ0n) is 11.5. The van der Waals surface area contributed by atoms with E-state index in [4.69, 9.17) is 4.74 Å². The standard InChI is InChI=1S/C17H20BrNO/c18-11-12-19(15-16-7-3-1-4-8-16)13-14-20-17-9-5-2-6-10-17/h1-10H,11-15H2. The van der Waals surface area contributed by atoms with Crippen molar-refractivity contribution in [1.29, 1.82) is 0 Å². The third-order valence-electron chi connectivity index (χ3n) is 3.07. The van der Waals surface area contributed by atoms with Crippen molar-refractivity contribution >= 4 is 15.9 Å². The minimum Gasteiger partial charge on any atom is -0.492 e. The predicted octanol–water partition coefficient (Wildman–Crippen LogP) is 3.96. The molecule has 0 fully saturated rings. The Bertz CT molecular complexity index is 475. The number of benzene rings is 2. The highest BCUT2D eigenvalue weighted by Gasteiger charge is 2.05. The van der Waals surface area contributed by atoms with E-state index in [1.807, 2.05) is 30.3 Å². The van der Waals surface area contributed by atoms with Crippen LogP contribution in [0, 0.1) is 0 Å². The molecule has 2 aromatic rings. The molecule has 0 N–H and O–H groups in total. The van der Waals surface area contributed by atoms with Crippen LogP contribution in [0.5, 0.6) is 5.75 Å². The van der Waals surface area contributed by atoms with Gasteiger partial charge in [-0.25, -0.2) is 0 Å². The summed E-state index contributed by atoms with van der Waals surface area (Å²) >= 11 is 3.52. The van der Waals surface area contributed by atoms with Crippen LogP contribution >= 0.6 is 15.9 Å². The summed E-state index contributed by atoms with van der Waals surface area (Å²) in [5, 5.41) is 0.977. The molecule has 0 bridgehead atoms. The summed E-state index contributed by atoms with van der Waals surface area (Å²) in [6.07, 6.45) is 0. The van der Waals surface area contributed by atoms with Gasteiger partial charge in [-0.05, 0) is 17.7 Å². The number of hydrogen-bond donors (Lipinski definition) is 0. The maximum atomic E-state index is 5.76. The Hall–Kier alpha value is -1.32. The van der Waals surface area contributed by atoms with Gasteiger partial charge in [-0.2, -0.15) is 0 Å². The second-order valence-corrected chi connectivity index (χ2v) is 5.41. The van der Waals surface area contributed by atoms with Crippen LogP contribution in [0.4, 0.5) is 0 Å². The first kappa shape index (κ1) is 15.1. The highest BCUT2D eigenvalue weighted by Crippen LogP contribution is 2.09. The first-order chi connectivity index (χ1) is 9.88. The molecule has 0 aliphatic carbocycles. The number of halogens is 1. The van der Waals surface area contributed by atoms with Crippen LogP contribution in [0.3, 0.4) is 0 Å². The van der Waals surface area contributed by atoms with E-state index in [1.54, 1.807) is 0 Å². The second-order valence-electron chi connectivity index (χ2n) is 4.61. The van der Waals surface area contributed by atoms with Gasteiger partial charge in [0, 0.05) is 25.0 Å². The van der Waals surface area contributed by atoms with E-state index in [-0.39, 0.29) is 0 Å². The largest absolute Gasteiger partial charge is 0.492 e. The highest BCUT2D eigenvalue weighted by molar-refractivity contribution is 9.09. The molecule has 0 saturated heterocycles. The van der Waals surface area contributed by atoms with Gasteiger partial charge in [-0.15, -0.1) is 0 Å². The first-order valence-electron chi connectivity index (χ1n) is 6.88. The summed E-state index contributed by atoms with van der Waals surface area (Å²) < 4.78 is 5.76. The smallest absolute Gasteiger partial charge is 0.119 e. The Morgan fingerprint density at radius 2 is 1.50 bits per heavy atom. The van der Waals surface area contributed by atoms with E-state index >= 15 is 0 Å². The van der Waals surface area contributed by atoms with Gasteiger partial charge in [0.1, 0.15) is 12.4 Å². The van der Waals surface area contributed by atoms with Crippen LogP contribution in [0.25, 0.3) is 0 Å². The average molecular weight is 334 g/mol. The van der Waals surface area contributed by atoms with Crippen molar-refractivity contribution in [2.75, 3.05) is 25.0 Å². The monoisotopic (exact) mass is 333 g/mol. The fourth-order valence-electron chi connectivity index (χ4n) is 2.04. The molecule has 2 nitrogen and oxygen atoms in total. The second kappa shape index (κ2) is 8.77. The molecule has 0 unspecified atom stereocenters. The van der Waals surface area contributed by atoms with Crippen LogP contribution in [0.2, 0.25) is 0 Å². The molecular formula is C17H20BrNO. The van der Waals surface area contributed by atoms with Crippen molar-refractivity contribution in [3.05, 3.63) is 66.2 Å². The summed E-state index contributed by atoms with van der Waals surface area (Å²) in [6.45, 7) is 3.62.